The van der Waals surface area contributed by atoms with Crippen molar-refractivity contribution in [2.75, 3.05) is 11.1 Å². The van der Waals surface area contributed by atoms with Crippen molar-refractivity contribution in [2.45, 2.75) is 19.4 Å². The maximum atomic E-state index is 13.6. The fraction of sp³-hybridized carbons (Fsp3) is 0.136. The highest BCUT2D eigenvalue weighted by molar-refractivity contribution is 6.35. The number of nitrogens with two attached hydrogens (primary N) is 1. The van der Waals surface area contributed by atoms with E-state index in [0.29, 0.717) is 50.8 Å². The molecule has 3 aromatic heterocycles. The van der Waals surface area contributed by atoms with Crippen molar-refractivity contribution in [3.05, 3.63) is 76.1 Å². The van der Waals surface area contributed by atoms with Gasteiger partial charge in [-0.2, -0.15) is 9.97 Å². The number of halogens is 1. The van der Waals surface area contributed by atoms with Gasteiger partial charge in [-0.25, -0.2) is 9.97 Å². The Morgan fingerprint density at radius 3 is 2.72 bits per heavy atom. The van der Waals surface area contributed by atoms with Gasteiger partial charge < -0.3 is 16.0 Å². The summed E-state index contributed by atoms with van der Waals surface area (Å²) in [7, 11) is 0. The molecule has 1 atom stereocenters. The Morgan fingerprint density at radius 1 is 1.12 bits per heavy atom. The van der Waals surface area contributed by atoms with Crippen LogP contribution in [0.15, 0.2) is 59.7 Å². The minimum absolute atomic E-state index is 0.109. The Balaban J connectivity index is 1.74. The summed E-state index contributed by atoms with van der Waals surface area (Å²) in [6.07, 6.45) is 2.14. The number of para-hydroxylation sites is 1. The van der Waals surface area contributed by atoms with E-state index in [1.54, 1.807) is 22.8 Å². The number of imidazole rings is 1. The Morgan fingerprint density at radius 2 is 1.94 bits per heavy atom. The molecule has 0 radical (unpaired) electrons. The van der Waals surface area contributed by atoms with Crippen LogP contribution in [-0.2, 0) is 0 Å². The normalized spacial score (nSPS) is 12.3. The minimum atomic E-state index is -0.375. The standard InChI is InChI=1S/C22H19ClN8O/c1-2-14(27-19-17-18(26-11-25-17)29-22(24)30-19)20-28-15-10-6-9-13(23)16(15)21(32)31(20)12-7-4-3-5-8-12/h3-11,14H,2H2,1H3,(H4,24,25,26,27,29,30). The number of rotatable bonds is 5. The van der Waals surface area contributed by atoms with Gasteiger partial charge in [-0.15, -0.1) is 0 Å². The molecular formula is C22H19ClN8O. The number of nitrogen functional groups attached to an aromatic ring is 1. The summed E-state index contributed by atoms with van der Waals surface area (Å²) < 4.78 is 1.58. The predicted octanol–water partition coefficient (Wildman–Crippen LogP) is 3.85. The van der Waals surface area contributed by atoms with Crippen LogP contribution in [0.25, 0.3) is 27.8 Å². The van der Waals surface area contributed by atoms with Crippen LogP contribution in [0, 0.1) is 0 Å². The van der Waals surface area contributed by atoms with Crippen molar-refractivity contribution in [1.29, 1.82) is 0 Å². The highest BCUT2D eigenvalue weighted by Gasteiger charge is 2.23. The molecule has 0 aliphatic rings. The summed E-state index contributed by atoms with van der Waals surface area (Å²) in [5.41, 5.74) is 7.93. The van der Waals surface area contributed by atoms with Gasteiger partial charge in [0.1, 0.15) is 11.3 Å². The third kappa shape index (κ3) is 3.32. The van der Waals surface area contributed by atoms with Crippen molar-refractivity contribution in [2.24, 2.45) is 0 Å². The lowest BCUT2D eigenvalue weighted by Crippen LogP contribution is -2.28. The van der Waals surface area contributed by atoms with E-state index in [9.17, 15) is 4.79 Å². The zero-order valence-electron chi connectivity index (χ0n) is 17.1. The first kappa shape index (κ1) is 20.0. The molecule has 160 valence electrons. The van der Waals surface area contributed by atoms with E-state index >= 15 is 0 Å². The number of aromatic nitrogens is 6. The number of anilines is 2. The third-order valence-electron chi connectivity index (χ3n) is 5.21. The van der Waals surface area contributed by atoms with E-state index in [-0.39, 0.29) is 17.5 Å². The van der Waals surface area contributed by atoms with Gasteiger partial charge in [0.25, 0.3) is 5.56 Å². The molecule has 0 bridgehead atoms. The lowest BCUT2D eigenvalue weighted by molar-refractivity contribution is 0.659. The SMILES string of the molecule is CCC(Nc1nc(N)nc2[nH]cnc12)c1nc2cccc(Cl)c2c(=O)n1-c1ccccc1. The highest BCUT2D eigenvalue weighted by Crippen LogP contribution is 2.28. The van der Waals surface area contributed by atoms with E-state index in [0.717, 1.165) is 0 Å². The molecule has 2 aromatic carbocycles. The molecule has 0 fully saturated rings. The molecule has 32 heavy (non-hydrogen) atoms. The van der Waals surface area contributed by atoms with Crippen molar-refractivity contribution in [3.8, 4) is 5.69 Å². The number of hydrogen-bond donors (Lipinski definition) is 3. The maximum absolute atomic E-state index is 13.6. The third-order valence-corrected chi connectivity index (χ3v) is 5.53. The number of hydrogen-bond acceptors (Lipinski definition) is 7. The van der Waals surface area contributed by atoms with Gasteiger partial charge in [0.15, 0.2) is 11.5 Å². The quantitative estimate of drug-likeness (QED) is 0.374. The van der Waals surface area contributed by atoms with Crippen molar-refractivity contribution in [1.82, 2.24) is 29.5 Å². The van der Waals surface area contributed by atoms with Gasteiger partial charge >= 0.3 is 0 Å². The molecule has 5 rings (SSSR count). The fourth-order valence-corrected chi connectivity index (χ4v) is 3.99. The molecule has 0 spiro atoms. The molecular weight excluding hydrogens is 428 g/mol. The zero-order valence-corrected chi connectivity index (χ0v) is 17.8. The van der Waals surface area contributed by atoms with Gasteiger partial charge in [-0.1, -0.05) is 42.8 Å². The minimum Gasteiger partial charge on any atom is -0.368 e. The Labute approximate surface area is 187 Å². The first-order chi connectivity index (χ1) is 15.6. The molecule has 0 aliphatic carbocycles. The van der Waals surface area contributed by atoms with E-state index in [1.807, 2.05) is 37.3 Å². The summed E-state index contributed by atoms with van der Waals surface area (Å²) in [6, 6.07) is 14.2. The molecule has 4 N–H and O–H groups in total. The number of fused-ring (bicyclic) bond motifs is 2. The topological polar surface area (TPSA) is 127 Å². The lowest BCUT2D eigenvalue weighted by atomic mass is 10.1. The maximum Gasteiger partial charge on any atom is 0.267 e. The molecule has 3 heterocycles. The smallest absolute Gasteiger partial charge is 0.267 e. The average Bonchev–Trinajstić information content (AvgIpc) is 3.26. The second-order valence-corrected chi connectivity index (χ2v) is 7.62. The van der Waals surface area contributed by atoms with E-state index < -0.39 is 0 Å². The van der Waals surface area contributed by atoms with E-state index in [4.69, 9.17) is 22.3 Å². The molecule has 9 nitrogen and oxygen atoms in total. The molecule has 1 unspecified atom stereocenters. The summed E-state index contributed by atoms with van der Waals surface area (Å²) in [6.45, 7) is 1.99. The number of nitrogens with zero attached hydrogens (tertiary/aromatic N) is 5. The van der Waals surface area contributed by atoms with Crippen molar-refractivity contribution >= 4 is 45.4 Å². The number of nitrogens with one attached hydrogen (secondary N) is 2. The molecule has 0 saturated carbocycles. The summed E-state index contributed by atoms with van der Waals surface area (Å²) in [5.74, 6) is 1.10. The van der Waals surface area contributed by atoms with Gasteiger partial charge in [-0.05, 0) is 30.7 Å². The monoisotopic (exact) mass is 446 g/mol. The average molecular weight is 447 g/mol. The number of aromatic amines is 1. The van der Waals surface area contributed by atoms with Crippen LogP contribution < -0.4 is 16.6 Å². The van der Waals surface area contributed by atoms with Gasteiger partial charge in [-0.3, -0.25) is 9.36 Å². The molecule has 0 saturated heterocycles. The summed E-state index contributed by atoms with van der Waals surface area (Å²) >= 11 is 6.38. The van der Waals surface area contributed by atoms with Crippen LogP contribution in [0.4, 0.5) is 11.8 Å². The first-order valence-electron chi connectivity index (χ1n) is 10.1. The molecule has 10 heteroatoms. The van der Waals surface area contributed by atoms with Crippen LogP contribution in [0.2, 0.25) is 5.02 Å². The lowest BCUT2D eigenvalue weighted by Gasteiger charge is -2.22. The van der Waals surface area contributed by atoms with Crippen LogP contribution >= 0.6 is 11.6 Å². The van der Waals surface area contributed by atoms with Crippen LogP contribution in [0.5, 0.6) is 0 Å². The van der Waals surface area contributed by atoms with E-state index in [2.05, 4.69) is 25.3 Å². The second-order valence-electron chi connectivity index (χ2n) is 7.22. The number of benzene rings is 2. The van der Waals surface area contributed by atoms with E-state index in [1.165, 1.54) is 6.33 Å². The van der Waals surface area contributed by atoms with Crippen molar-refractivity contribution < 1.29 is 0 Å². The molecule has 5 aromatic rings. The Hall–Kier alpha value is -3.98. The summed E-state index contributed by atoms with van der Waals surface area (Å²) in [4.78, 5) is 34.2. The zero-order chi connectivity index (χ0) is 22.2. The summed E-state index contributed by atoms with van der Waals surface area (Å²) in [5, 5.41) is 4.10. The largest absolute Gasteiger partial charge is 0.368 e. The Kier molecular flexibility index (Phi) is 4.95. The van der Waals surface area contributed by atoms with Crippen LogP contribution in [0.3, 0.4) is 0 Å². The van der Waals surface area contributed by atoms with Gasteiger partial charge in [0.05, 0.1) is 34.0 Å². The second kappa shape index (κ2) is 7.93. The first-order valence-corrected chi connectivity index (χ1v) is 10.4. The van der Waals surface area contributed by atoms with Gasteiger partial charge in [0, 0.05) is 0 Å². The van der Waals surface area contributed by atoms with Crippen LogP contribution in [-0.4, -0.2) is 29.5 Å². The van der Waals surface area contributed by atoms with Crippen molar-refractivity contribution in [3.63, 3.8) is 0 Å². The highest BCUT2D eigenvalue weighted by atomic mass is 35.5. The molecule has 0 amide bonds. The number of H-pyrrole nitrogens is 1. The fourth-order valence-electron chi connectivity index (χ4n) is 3.74. The van der Waals surface area contributed by atoms with Crippen LogP contribution in [0.1, 0.15) is 25.2 Å². The van der Waals surface area contributed by atoms with Gasteiger partial charge in [0.2, 0.25) is 5.95 Å². The Bertz CT molecular complexity index is 1500. The predicted molar refractivity (Wildman–Crippen MR) is 125 cm³/mol. The molecule has 0 aliphatic heterocycles.